The maximum atomic E-state index is 12.6. The lowest BCUT2D eigenvalue weighted by atomic mass is 10.2. The first-order valence-electron chi connectivity index (χ1n) is 5.97. The van der Waals surface area contributed by atoms with Crippen LogP contribution in [0.15, 0.2) is 17.0 Å². The van der Waals surface area contributed by atoms with Gasteiger partial charge in [0.2, 0.25) is 10.0 Å². The molecule has 0 radical (unpaired) electrons. The van der Waals surface area contributed by atoms with E-state index in [-0.39, 0.29) is 21.8 Å². The second-order valence-electron chi connectivity index (χ2n) is 4.55. The zero-order chi connectivity index (χ0) is 14.9. The number of ether oxygens (including phenoxy) is 1. The van der Waals surface area contributed by atoms with E-state index in [1.165, 1.54) is 23.5 Å². The fraction of sp³-hybridized carbons (Fsp3) is 0.500. The summed E-state index contributed by atoms with van der Waals surface area (Å²) in [5.41, 5.74) is 0.535. The van der Waals surface area contributed by atoms with Crippen LogP contribution in [0.4, 0.5) is 0 Å². The number of rotatable bonds is 4. The van der Waals surface area contributed by atoms with Crippen molar-refractivity contribution in [3.8, 4) is 0 Å². The van der Waals surface area contributed by atoms with Crippen LogP contribution in [0.1, 0.15) is 12.0 Å². The van der Waals surface area contributed by atoms with Crippen molar-refractivity contribution in [2.24, 2.45) is 0 Å². The van der Waals surface area contributed by atoms with Gasteiger partial charge in [0.05, 0.1) is 17.7 Å². The van der Waals surface area contributed by atoms with Crippen LogP contribution in [-0.4, -0.2) is 39.0 Å². The molecule has 8 heteroatoms. The Hall–Kier alpha value is -0.0400. The van der Waals surface area contributed by atoms with Crippen molar-refractivity contribution in [3.05, 3.63) is 27.7 Å². The Morgan fingerprint density at radius 2 is 2.05 bits per heavy atom. The highest BCUT2D eigenvalue weighted by atomic mass is 35.5. The molecule has 1 aliphatic heterocycles. The normalized spacial score (nSPS) is 19.8. The molecule has 1 aromatic carbocycles. The minimum Gasteiger partial charge on any atom is -0.380 e. The number of benzene rings is 1. The number of hydrogen-bond donors (Lipinski definition) is 0. The van der Waals surface area contributed by atoms with Gasteiger partial charge in [0, 0.05) is 24.6 Å². The van der Waals surface area contributed by atoms with Gasteiger partial charge in [-0.15, -0.1) is 11.6 Å². The lowest BCUT2D eigenvalue weighted by molar-refractivity contribution is 0.181. The number of alkyl halides is 1. The van der Waals surface area contributed by atoms with E-state index in [1.54, 1.807) is 0 Å². The number of hydrogen-bond acceptors (Lipinski definition) is 3. The third-order valence-electron chi connectivity index (χ3n) is 3.32. The molecule has 112 valence electrons. The Morgan fingerprint density at radius 1 is 1.35 bits per heavy atom. The fourth-order valence-corrected chi connectivity index (χ4v) is 4.53. The highest BCUT2D eigenvalue weighted by molar-refractivity contribution is 7.89. The van der Waals surface area contributed by atoms with Crippen molar-refractivity contribution in [1.29, 1.82) is 0 Å². The Morgan fingerprint density at radius 3 is 2.60 bits per heavy atom. The first-order valence-corrected chi connectivity index (χ1v) is 8.70. The molecule has 0 N–H and O–H groups in total. The standard InChI is InChI=1S/C12H14Cl3NO3S/c1-16(9-2-3-19-7-9)20(17,18)12-4-8(6-13)10(14)5-11(12)15/h4-5,9H,2-3,6-7H2,1H3. The summed E-state index contributed by atoms with van der Waals surface area (Å²) < 4.78 is 31.8. The minimum atomic E-state index is -3.70. The van der Waals surface area contributed by atoms with E-state index in [9.17, 15) is 8.42 Å². The third kappa shape index (κ3) is 3.08. The van der Waals surface area contributed by atoms with E-state index in [0.29, 0.717) is 30.2 Å². The van der Waals surface area contributed by atoms with Crippen LogP contribution in [0.25, 0.3) is 0 Å². The number of likely N-dealkylation sites (N-methyl/N-ethyl adjacent to an activating group) is 1. The van der Waals surface area contributed by atoms with Crippen molar-refractivity contribution < 1.29 is 13.2 Å². The maximum absolute atomic E-state index is 12.6. The predicted octanol–water partition coefficient (Wildman–Crippen LogP) is 3.14. The van der Waals surface area contributed by atoms with E-state index >= 15 is 0 Å². The fourth-order valence-electron chi connectivity index (χ4n) is 2.03. The van der Waals surface area contributed by atoms with Crippen molar-refractivity contribution in [2.75, 3.05) is 20.3 Å². The predicted molar refractivity (Wildman–Crippen MR) is 80.2 cm³/mol. The zero-order valence-corrected chi connectivity index (χ0v) is 13.9. The Balaban J connectivity index is 2.43. The van der Waals surface area contributed by atoms with Crippen LogP contribution in [0.5, 0.6) is 0 Å². The highest BCUT2D eigenvalue weighted by Crippen LogP contribution is 2.32. The van der Waals surface area contributed by atoms with Crippen molar-refractivity contribution in [3.63, 3.8) is 0 Å². The maximum Gasteiger partial charge on any atom is 0.244 e. The third-order valence-corrected chi connectivity index (χ3v) is 6.34. The second-order valence-corrected chi connectivity index (χ2v) is 7.59. The lowest BCUT2D eigenvalue weighted by Crippen LogP contribution is -2.37. The molecule has 0 spiro atoms. The van der Waals surface area contributed by atoms with Crippen molar-refractivity contribution >= 4 is 44.8 Å². The van der Waals surface area contributed by atoms with Gasteiger partial charge >= 0.3 is 0 Å². The van der Waals surface area contributed by atoms with Crippen LogP contribution in [-0.2, 0) is 20.6 Å². The highest BCUT2D eigenvalue weighted by Gasteiger charge is 2.32. The van der Waals surface area contributed by atoms with Gasteiger partial charge in [0.25, 0.3) is 0 Å². The van der Waals surface area contributed by atoms with Crippen molar-refractivity contribution in [1.82, 2.24) is 4.31 Å². The molecule has 1 atom stereocenters. The monoisotopic (exact) mass is 357 g/mol. The van der Waals surface area contributed by atoms with Gasteiger partial charge in [-0.1, -0.05) is 23.2 Å². The molecular weight excluding hydrogens is 345 g/mol. The van der Waals surface area contributed by atoms with Crippen LogP contribution >= 0.6 is 34.8 Å². The summed E-state index contributed by atoms with van der Waals surface area (Å²) in [7, 11) is -2.17. The summed E-state index contributed by atoms with van der Waals surface area (Å²) in [5, 5.41) is 0.449. The van der Waals surface area contributed by atoms with E-state index in [1.807, 2.05) is 0 Å². The summed E-state index contributed by atoms with van der Waals surface area (Å²) in [6, 6.07) is 2.66. The van der Waals surface area contributed by atoms with Gasteiger partial charge < -0.3 is 4.74 Å². The molecule has 1 fully saturated rings. The molecule has 0 saturated carbocycles. The molecule has 2 rings (SSSR count). The Labute approximate surface area is 133 Å². The van der Waals surface area contributed by atoms with Crippen LogP contribution < -0.4 is 0 Å². The molecule has 1 aromatic rings. The van der Waals surface area contributed by atoms with Crippen molar-refractivity contribution in [2.45, 2.75) is 23.2 Å². The quantitative estimate of drug-likeness (QED) is 0.777. The molecule has 0 aromatic heterocycles. The molecule has 1 unspecified atom stereocenters. The molecule has 4 nitrogen and oxygen atoms in total. The smallest absolute Gasteiger partial charge is 0.244 e. The van der Waals surface area contributed by atoms with Crippen LogP contribution in [0.2, 0.25) is 10.0 Å². The molecular formula is C12H14Cl3NO3S. The van der Waals surface area contributed by atoms with Gasteiger partial charge in [-0.05, 0) is 24.1 Å². The van der Waals surface area contributed by atoms with E-state index < -0.39 is 10.0 Å². The lowest BCUT2D eigenvalue weighted by Gasteiger charge is -2.23. The second kappa shape index (κ2) is 6.38. The Bertz CT molecular complexity index is 600. The number of halogens is 3. The molecule has 1 aliphatic rings. The van der Waals surface area contributed by atoms with E-state index in [0.717, 1.165) is 0 Å². The molecule has 1 saturated heterocycles. The first kappa shape index (κ1) is 16.3. The van der Waals surface area contributed by atoms with E-state index in [2.05, 4.69) is 0 Å². The molecule has 1 heterocycles. The zero-order valence-electron chi connectivity index (χ0n) is 10.8. The van der Waals surface area contributed by atoms with Crippen LogP contribution in [0, 0.1) is 0 Å². The summed E-state index contributed by atoms with van der Waals surface area (Å²) >= 11 is 17.7. The largest absolute Gasteiger partial charge is 0.380 e. The van der Waals surface area contributed by atoms with E-state index in [4.69, 9.17) is 39.5 Å². The minimum absolute atomic E-state index is 0.0219. The van der Waals surface area contributed by atoms with Gasteiger partial charge in [-0.25, -0.2) is 8.42 Å². The summed E-state index contributed by atoms with van der Waals surface area (Å²) in [6.07, 6.45) is 0.670. The van der Waals surface area contributed by atoms with Gasteiger partial charge in [0.1, 0.15) is 4.90 Å². The number of nitrogens with zero attached hydrogens (tertiary/aromatic N) is 1. The molecule has 20 heavy (non-hydrogen) atoms. The van der Waals surface area contributed by atoms with Gasteiger partial charge in [-0.3, -0.25) is 0 Å². The van der Waals surface area contributed by atoms with Gasteiger partial charge in [-0.2, -0.15) is 4.31 Å². The number of sulfonamides is 1. The summed E-state index contributed by atoms with van der Waals surface area (Å²) in [4.78, 5) is 0.0219. The molecule has 0 aliphatic carbocycles. The van der Waals surface area contributed by atoms with Crippen LogP contribution in [0.3, 0.4) is 0 Å². The average molecular weight is 359 g/mol. The Kier molecular flexibility index (Phi) is 5.21. The summed E-state index contributed by atoms with van der Waals surface area (Å²) in [6.45, 7) is 0.953. The summed E-state index contributed by atoms with van der Waals surface area (Å²) in [5.74, 6) is 0.120. The average Bonchev–Trinajstić information content (AvgIpc) is 2.91. The SMILES string of the molecule is CN(C1CCOC1)S(=O)(=O)c1cc(CCl)c(Cl)cc1Cl. The van der Waals surface area contributed by atoms with Gasteiger partial charge in [0.15, 0.2) is 0 Å². The first-order chi connectivity index (χ1) is 9.37. The topological polar surface area (TPSA) is 46.6 Å². The molecule has 0 bridgehead atoms. The molecule has 0 amide bonds.